The lowest BCUT2D eigenvalue weighted by Gasteiger charge is -2.15. The van der Waals surface area contributed by atoms with Crippen molar-refractivity contribution in [2.75, 3.05) is 7.11 Å². The summed E-state index contributed by atoms with van der Waals surface area (Å²) in [6.07, 6.45) is 3.16. The smallest absolute Gasteiger partial charge is 0.337 e. The summed E-state index contributed by atoms with van der Waals surface area (Å²) in [4.78, 5) is 25.7. The molecule has 4 aromatic rings. The second-order valence-electron chi connectivity index (χ2n) is 8.41. The number of esters is 1. The van der Waals surface area contributed by atoms with E-state index in [-0.39, 0.29) is 17.0 Å². The molecule has 35 heavy (non-hydrogen) atoms. The van der Waals surface area contributed by atoms with Crippen molar-refractivity contribution in [1.82, 2.24) is 9.78 Å². The van der Waals surface area contributed by atoms with Crippen molar-refractivity contribution in [3.63, 3.8) is 0 Å². The summed E-state index contributed by atoms with van der Waals surface area (Å²) in [7, 11) is 1.25. The molecule has 0 atom stereocenters. The Bertz CT molecular complexity index is 1450. The molecule has 0 radical (unpaired) electrons. The van der Waals surface area contributed by atoms with E-state index < -0.39 is 11.8 Å². The molecule has 0 saturated carbocycles. The number of hydrogen-bond acceptors (Lipinski definition) is 4. The van der Waals surface area contributed by atoms with Crippen molar-refractivity contribution in [1.29, 1.82) is 0 Å². The molecule has 1 aromatic heterocycles. The molecule has 0 aliphatic heterocycles. The molecule has 5 rings (SSSR count). The highest BCUT2D eigenvalue weighted by Crippen LogP contribution is 2.35. The highest BCUT2D eigenvalue weighted by molar-refractivity contribution is 6.34. The standard InChI is InChI=1S/C28H22ClFN2O3/c1-35-28(34)18-14-15-20(23(30)16-18)26-21-10-5-6-13-24(21)32(31-26)27(33)25-19(11-7-12-22(25)29)17-8-3-2-4-9-17/h2-4,7-9,11-12,14-16H,5-6,10,13H2,1H3. The van der Waals surface area contributed by atoms with E-state index in [0.29, 0.717) is 34.7 Å². The van der Waals surface area contributed by atoms with E-state index in [1.54, 1.807) is 6.07 Å². The van der Waals surface area contributed by atoms with Gasteiger partial charge in [0.2, 0.25) is 0 Å². The Morgan fingerprint density at radius 3 is 2.49 bits per heavy atom. The number of aromatic nitrogens is 2. The largest absolute Gasteiger partial charge is 0.465 e. The lowest BCUT2D eigenvalue weighted by molar-refractivity contribution is 0.0600. The van der Waals surface area contributed by atoms with E-state index >= 15 is 4.39 Å². The van der Waals surface area contributed by atoms with Crippen LogP contribution in [-0.4, -0.2) is 28.8 Å². The first kappa shape index (κ1) is 23.0. The molecule has 0 amide bonds. The topological polar surface area (TPSA) is 61.2 Å². The van der Waals surface area contributed by atoms with Gasteiger partial charge < -0.3 is 4.74 Å². The molecule has 3 aromatic carbocycles. The quantitative estimate of drug-likeness (QED) is 0.313. The highest BCUT2D eigenvalue weighted by Gasteiger charge is 2.29. The van der Waals surface area contributed by atoms with Crippen LogP contribution < -0.4 is 0 Å². The van der Waals surface area contributed by atoms with Gasteiger partial charge in [-0.3, -0.25) is 4.79 Å². The van der Waals surface area contributed by atoms with Crippen LogP contribution in [0.4, 0.5) is 4.39 Å². The first-order valence-corrected chi connectivity index (χ1v) is 11.7. The van der Waals surface area contributed by atoms with E-state index in [0.717, 1.165) is 35.7 Å². The Balaban J connectivity index is 1.65. The van der Waals surface area contributed by atoms with Gasteiger partial charge in [0.1, 0.15) is 5.82 Å². The third kappa shape index (κ3) is 4.15. The molecule has 176 valence electrons. The Labute approximate surface area is 207 Å². The normalized spacial score (nSPS) is 12.8. The van der Waals surface area contributed by atoms with Crippen LogP contribution in [0.3, 0.4) is 0 Å². The predicted octanol–water partition coefficient (Wildman–Crippen LogP) is 6.36. The summed E-state index contributed by atoms with van der Waals surface area (Å²) in [6.45, 7) is 0. The Morgan fingerprint density at radius 2 is 1.74 bits per heavy atom. The van der Waals surface area contributed by atoms with E-state index in [4.69, 9.17) is 11.6 Å². The zero-order valence-electron chi connectivity index (χ0n) is 19.1. The Kier molecular flexibility index (Phi) is 6.22. The minimum atomic E-state index is -0.620. The number of fused-ring (bicyclic) bond motifs is 1. The number of benzene rings is 3. The van der Waals surface area contributed by atoms with Crippen molar-refractivity contribution in [3.8, 4) is 22.4 Å². The van der Waals surface area contributed by atoms with Gasteiger partial charge in [-0.25, -0.2) is 9.18 Å². The summed E-state index contributed by atoms with van der Waals surface area (Å²) in [5.74, 6) is -1.57. The number of rotatable bonds is 4. The van der Waals surface area contributed by atoms with Gasteiger partial charge in [0, 0.05) is 11.1 Å². The first-order chi connectivity index (χ1) is 17.0. The molecule has 0 saturated heterocycles. The van der Waals surface area contributed by atoms with Crippen molar-refractivity contribution in [2.24, 2.45) is 0 Å². The predicted molar refractivity (Wildman–Crippen MR) is 132 cm³/mol. The maximum absolute atomic E-state index is 15.1. The minimum absolute atomic E-state index is 0.113. The maximum atomic E-state index is 15.1. The van der Waals surface area contributed by atoms with Gasteiger partial charge >= 0.3 is 5.97 Å². The molecule has 0 unspecified atom stereocenters. The Hall–Kier alpha value is -3.77. The number of carbonyl (C=O) groups is 2. The molecule has 0 spiro atoms. The van der Waals surface area contributed by atoms with Crippen LogP contribution in [0.2, 0.25) is 5.02 Å². The zero-order chi connectivity index (χ0) is 24.5. The zero-order valence-corrected chi connectivity index (χ0v) is 19.8. The van der Waals surface area contributed by atoms with Crippen molar-refractivity contribution < 1.29 is 18.7 Å². The van der Waals surface area contributed by atoms with E-state index in [2.05, 4.69) is 9.84 Å². The summed E-state index contributed by atoms with van der Waals surface area (Å²) in [5.41, 5.74) is 4.31. The van der Waals surface area contributed by atoms with Crippen LogP contribution >= 0.6 is 11.6 Å². The number of methoxy groups -OCH3 is 1. The van der Waals surface area contributed by atoms with Crippen LogP contribution in [0.15, 0.2) is 66.7 Å². The molecule has 5 nitrogen and oxygen atoms in total. The highest BCUT2D eigenvalue weighted by atomic mass is 35.5. The van der Waals surface area contributed by atoms with E-state index in [1.807, 2.05) is 42.5 Å². The number of hydrogen-bond donors (Lipinski definition) is 0. The number of carbonyl (C=O) groups excluding carboxylic acids is 2. The summed E-state index contributed by atoms with van der Waals surface area (Å²) < 4.78 is 21.2. The maximum Gasteiger partial charge on any atom is 0.337 e. The van der Waals surface area contributed by atoms with Gasteiger partial charge in [-0.15, -0.1) is 0 Å². The third-order valence-corrected chi connectivity index (χ3v) is 6.65. The summed E-state index contributed by atoms with van der Waals surface area (Å²) >= 11 is 6.55. The van der Waals surface area contributed by atoms with Crippen molar-refractivity contribution in [3.05, 3.63) is 100.0 Å². The van der Waals surface area contributed by atoms with Crippen LogP contribution in [0.5, 0.6) is 0 Å². The first-order valence-electron chi connectivity index (χ1n) is 11.4. The molecular weight excluding hydrogens is 467 g/mol. The molecule has 0 N–H and O–H groups in total. The third-order valence-electron chi connectivity index (χ3n) is 6.33. The lowest BCUT2D eigenvalue weighted by atomic mass is 9.93. The van der Waals surface area contributed by atoms with Crippen LogP contribution in [0.25, 0.3) is 22.4 Å². The Morgan fingerprint density at radius 1 is 0.971 bits per heavy atom. The molecular formula is C28H22ClFN2O3. The van der Waals surface area contributed by atoms with Gasteiger partial charge in [-0.2, -0.15) is 9.78 Å². The number of ether oxygens (including phenoxy) is 1. The molecule has 0 bridgehead atoms. The second-order valence-corrected chi connectivity index (χ2v) is 8.82. The molecule has 1 heterocycles. The van der Waals surface area contributed by atoms with Gasteiger partial charge in [0.15, 0.2) is 0 Å². The van der Waals surface area contributed by atoms with Gasteiger partial charge in [-0.1, -0.05) is 54.1 Å². The van der Waals surface area contributed by atoms with Crippen molar-refractivity contribution >= 4 is 23.5 Å². The average molecular weight is 489 g/mol. The molecule has 7 heteroatoms. The minimum Gasteiger partial charge on any atom is -0.465 e. The fraction of sp³-hybridized carbons (Fsp3) is 0.179. The average Bonchev–Trinajstić information content (AvgIpc) is 3.27. The molecule has 1 aliphatic rings. The second kappa shape index (κ2) is 9.47. The fourth-order valence-corrected chi connectivity index (χ4v) is 4.90. The number of halogens is 2. The number of nitrogens with zero attached hydrogens (tertiary/aromatic N) is 2. The summed E-state index contributed by atoms with van der Waals surface area (Å²) in [6, 6.07) is 19.1. The molecule has 1 aliphatic carbocycles. The molecule has 0 fully saturated rings. The lowest BCUT2D eigenvalue weighted by Crippen LogP contribution is -2.19. The van der Waals surface area contributed by atoms with Crippen LogP contribution in [0, 0.1) is 5.82 Å². The van der Waals surface area contributed by atoms with E-state index in [9.17, 15) is 9.59 Å². The summed E-state index contributed by atoms with van der Waals surface area (Å²) in [5, 5.41) is 4.95. The van der Waals surface area contributed by atoms with Crippen LogP contribution in [-0.2, 0) is 17.6 Å². The SMILES string of the molecule is COC(=O)c1ccc(-c2nn(C(=O)c3c(Cl)cccc3-c3ccccc3)c3c2CCCC3)c(F)c1. The van der Waals surface area contributed by atoms with Gasteiger partial charge in [-0.05, 0) is 61.1 Å². The van der Waals surface area contributed by atoms with Crippen molar-refractivity contribution in [2.45, 2.75) is 25.7 Å². The monoisotopic (exact) mass is 488 g/mol. The van der Waals surface area contributed by atoms with Crippen LogP contribution in [0.1, 0.15) is 44.8 Å². The fourth-order valence-electron chi connectivity index (χ4n) is 4.64. The van der Waals surface area contributed by atoms with Gasteiger partial charge in [0.05, 0.1) is 34.6 Å². The van der Waals surface area contributed by atoms with Gasteiger partial charge in [0.25, 0.3) is 5.91 Å². The van der Waals surface area contributed by atoms with E-state index in [1.165, 1.54) is 23.9 Å².